The molecule has 1 aromatic heterocycles. The maximum atomic E-state index is 13.9. The molecule has 1 aliphatic heterocycles. The van der Waals surface area contributed by atoms with Crippen molar-refractivity contribution in [1.82, 2.24) is 9.55 Å². The van der Waals surface area contributed by atoms with Crippen LogP contribution < -0.4 is 4.90 Å². The third-order valence-electron chi connectivity index (χ3n) is 5.29. The quantitative estimate of drug-likeness (QED) is 0.246. The van der Waals surface area contributed by atoms with Crippen LogP contribution in [0.1, 0.15) is 18.9 Å². The van der Waals surface area contributed by atoms with E-state index in [1.807, 2.05) is 31.2 Å². The molecule has 6 nitrogen and oxygen atoms in total. The van der Waals surface area contributed by atoms with Crippen LogP contribution in [-0.4, -0.2) is 23.9 Å². The number of halogens is 4. The predicted octanol–water partition coefficient (Wildman–Crippen LogP) is 6.10. The van der Waals surface area contributed by atoms with Crippen molar-refractivity contribution in [3.63, 3.8) is 0 Å². The molecule has 162 valence electrons. The summed E-state index contributed by atoms with van der Waals surface area (Å²) in [7, 11) is -3.68. The summed E-state index contributed by atoms with van der Waals surface area (Å²) in [4.78, 5) is 19.6. The monoisotopic (exact) mass is 653 g/mol. The molecule has 0 N–H and O–H groups in total. The van der Waals surface area contributed by atoms with Gasteiger partial charge in [0.15, 0.2) is 5.03 Å². The van der Waals surface area contributed by atoms with E-state index in [2.05, 4.69) is 20.9 Å². The number of carbonyl (C=O) groups excluding carboxylic acids is 1. The van der Waals surface area contributed by atoms with E-state index in [-0.39, 0.29) is 16.9 Å². The average Bonchev–Trinajstić information content (AvgIpc) is 3.21. The minimum absolute atomic E-state index is 0.0222. The summed E-state index contributed by atoms with van der Waals surface area (Å²) in [6.45, 7) is 1.86. The van der Waals surface area contributed by atoms with Crippen LogP contribution in [-0.2, 0) is 23.8 Å². The Kier molecular flexibility index (Phi) is 6.19. The smallest absolute Gasteiger partial charge is 0.260 e. The van der Waals surface area contributed by atoms with E-state index in [0.29, 0.717) is 28.6 Å². The molecule has 31 heavy (non-hydrogen) atoms. The van der Waals surface area contributed by atoms with Gasteiger partial charge in [-0.15, -0.1) is 0 Å². The molecule has 0 radical (unpaired) electrons. The molecule has 0 saturated carbocycles. The second-order valence-electron chi connectivity index (χ2n) is 7.13. The number of nitrogens with zero attached hydrogens (tertiary/aromatic N) is 3. The molecule has 0 fully saturated rings. The fourth-order valence-corrected chi connectivity index (χ4v) is 6.25. The van der Waals surface area contributed by atoms with Gasteiger partial charge in [-0.05, 0) is 42.3 Å². The van der Waals surface area contributed by atoms with Crippen molar-refractivity contribution < 1.29 is 13.2 Å². The van der Waals surface area contributed by atoms with Crippen LogP contribution in [0, 0.1) is 0 Å². The zero-order chi connectivity index (χ0) is 22.6. The number of hydrogen-bond donors (Lipinski definition) is 0. The predicted molar refractivity (Wildman–Crippen MR) is 133 cm³/mol. The number of rotatable bonds is 5. The Hall–Kier alpha value is -1.14. The van der Waals surface area contributed by atoms with Crippen molar-refractivity contribution in [1.29, 1.82) is 0 Å². The Balaban J connectivity index is 1.96. The summed E-state index contributed by atoms with van der Waals surface area (Å²) in [6, 6.07) is 12.4. The minimum Gasteiger partial charge on any atom is -0.284 e. The third-order valence-corrected chi connectivity index (χ3v) is 8.40. The van der Waals surface area contributed by atoms with Crippen molar-refractivity contribution in [2.75, 3.05) is 4.90 Å². The molecule has 2 heterocycles. The molecule has 3 aromatic rings. The number of fused-ring (bicyclic) bond motifs is 1. The van der Waals surface area contributed by atoms with Crippen molar-refractivity contribution in [3.8, 4) is 0 Å². The lowest BCUT2D eigenvalue weighted by Gasteiger charge is -2.29. The third kappa shape index (κ3) is 4.03. The van der Waals surface area contributed by atoms with Gasteiger partial charge < -0.3 is 0 Å². The van der Waals surface area contributed by atoms with E-state index in [4.69, 9.17) is 23.2 Å². The lowest BCUT2D eigenvalue weighted by atomic mass is 9.87. The highest BCUT2D eigenvalue weighted by atomic mass is 127. The molecule has 2 aromatic carbocycles. The number of hydrogen-bond acceptors (Lipinski definition) is 4. The maximum Gasteiger partial charge on any atom is 0.260 e. The number of imidazole rings is 1. The van der Waals surface area contributed by atoms with E-state index < -0.39 is 12.5 Å². The molecule has 1 aliphatic rings. The number of benzene rings is 2. The highest BCUT2D eigenvalue weighted by Gasteiger charge is 2.53. The first-order valence-corrected chi connectivity index (χ1v) is 14.7. The molecule has 1 amide bonds. The number of anilines is 2. The molecule has 0 aliphatic carbocycles. The first kappa shape index (κ1) is 23.0. The van der Waals surface area contributed by atoms with Crippen LogP contribution in [0.15, 0.2) is 58.2 Å². The standard InChI is InChI=1S/C20H15BrCl2IN3O3S/c1-2-20(10-12-3-5-13(21)6-4-12)18(28)26(16-8-14(22)7-15(23)9-16)19-25-11-17(27(19)20)31(24,29)30/h3-9,11H,2,10H2,1H3. The molecule has 0 saturated heterocycles. The van der Waals surface area contributed by atoms with Gasteiger partial charge in [0.1, 0.15) is 5.54 Å². The van der Waals surface area contributed by atoms with Crippen LogP contribution in [0.25, 0.3) is 0 Å². The van der Waals surface area contributed by atoms with Gasteiger partial charge in [-0.25, -0.2) is 18.3 Å². The van der Waals surface area contributed by atoms with Gasteiger partial charge in [0.2, 0.25) is 13.0 Å². The summed E-state index contributed by atoms with van der Waals surface area (Å²) in [6.07, 6.45) is 1.94. The first-order chi connectivity index (χ1) is 14.6. The Labute approximate surface area is 210 Å². The van der Waals surface area contributed by atoms with E-state index in [1.165, 1.54) is 36.9 Å². The zero-order valence-corrected chi connectivity index (χ0v) is 22.1. The largest absolute Gasteiger partial charge is 0.284 e. The molecule has 1 atom stereocenters. The molecule has 0 spiro atoms. The van der Waals surface area contributed by atoms with Crippen LogP contribution in [0.5, 0.6) is 0 Å². The van der Waals surface area contributed by atoms with Gasteiger partial charge in [0.25, 0.3) is 5.91 Å². The SMILES string of the molecule is CCC1(Cc2ccc(Br)cc2)C(=O)N(c2cc(Cl)cc(Cl)c2)c2ncc(S(=O)(=O)I)n21. The fourth-order valence-electron chi connectivity index (χ4n) is 3.88. The second kappa shape index (κ2) is 8.33. The number of aromatic nitrogens is 2. The summed E-state index contributed by atoms with van der Waals surface area (Å²) in [5, 5.41) is 0.695. The zero-order valence-electron chi connectivity index (χ0n) is 16.0. The van der Waals surface area contributed by atoms with Gasteiger partial charge in [-0.2, -0.15) is 0 Å². The lowest BCUT2D eigenvalue weighted by Crippen LogP contribution is -2.44. The molecular formula is C20H15BrCl2IN3O3S. The van der Waals surface area contributed by atoms with Gasteiger partial charge >= 0.3 is 0 Å². The molecule has 11 heteroatoms. The Morgan fingerprint density at radius 3 is 2.29 bits per heavy atom. The number of amides is 1. The average molecular weight is 655 g/mol. The van der Waals surface area contributed by atoms with E-state index in [0.717, 1.165) is 10.0 Å². The summed E-state index contributed by atoms with van der Waals surface area (Å²) < 4.78 is 27.6. The summed E-state index contributed by atoms with van der Waals surface area (Å²) in [5.74, 6) is -0.0711. The van der Waals surface area contributed by atoms with Crippen molar-refractivity contribution in [2.45, 2.75) is 30.3 Å². The Morgan fingerprint density at radius 1 is 1.13 bits per heavy atom. The van der Waals surface area contributed by atoms with E-state index in [9.17, 15) is 13.2 Å². The highest BCUT2D eigenvalue weighted by Crippen LogP contribution is 2.46. The van der Waals surface area contributed by atoms with Gasteiger partial charge in [0.05, 0.1) is 33.1 Å². The van der Waals surface area contributed by atoms with Gasteiger partial charge in [-0.1, -0.05) is 58.2 Å². The Morgan fingerprint density at radius 2 is 1.74 bits per heavy atom. The van der Waals surface area contributed by atoms with E-state index in [1.54, 1.807) is 18.2 Å². The molecule has 0 bridgehead atoms. The van der Waals surface area contributed by atoms with Crippen molar-refractivity contribution >= 4 is 84.9 Å². The minimum atomic E-state index is -3.68. The number of carbonyl (C=O) groups is 1. The van der Waals surface area contributed by atoms with Crippen molar-refractivity contribution in [3.05, 3.63) is 68.7 Å². The Bertz CT molecular complexity index is 1280. The van der Waals surface area contributed by atoms with E-state index >= 15 is 0 Å². The molecular weight excluding hydrogens is 640 g/mol. The highest BCUT2D eigenvalue weighted by molar-refractivity contribution is 14.2. The van der Waals surface area contributed by atoms with Crippen LogP contribution in [0.2, 0.25) is 10.0 Å². The topological polar surface area (TPSA) is 72.3 Å². The van der Waals surface area contributed by atoms with Crippen LogP contribution in [0.4, 0.5) is 11.6 Å². The summed E-state index contributed by atoms with van der Waals surface area (Å²) >= 11 is 17.1. The van der Waals surface area contributed by atoms with Crippen molar-refractivity contribution in [2.24, 2.45) is 0 Å². The second-order valence-corrected chi connectivity index (χ2v) is 13.7. The maximum absolute atomic E-state index is 13.9. The van der Waals surface area contributed by atoms with Gasteiger partial charge in [0, 0.05) is 20.9 Å². The van der Waals surface area contributed by atoms with Crippen LogP contribution in [0.3, 0.4) is 0 Å². The fraction of sp³-hybridized carbons (Fsp3) is 0.200. The molecule has 1 unspecified atom stereocenters. The normalized spacial score (nSPS) is 18.5. The molecule has 4 rings (SSSR count). The lowest BCUT2D eigenvalue weighted by molar-refractivity contribution is -0.125. The first-order valence-electron chi connectivity index (χ1n) is 9.15. The summed E-state index contributed by atoms with van der Waals surface area (Å²) in [5.41, 5.74) is 0.140. The van der Waals surface area contributed by atoms with Gasteiger partial charge in [-0.3, -0.25) is 9.36 Å². The van der Waals surface area contributed by atoms with Crippen LogP contribution >= 0.6 is 60.3 Å².